The number of aliphatic hydroxyl groups is 1. The predicted molar refractivity (Wildman–Crippen MR) is 78.3 cm³/mol. The van der Waals surface area contributed by atoms with Crippen LogP contribution in [-0.2, 0) is 6.54 Å². The molecule has 2 N–H and O–H groups in total. The molecule has 1 atom stereocenters. The van der Waals surface area contributed by atoms with Gasteiger partial charge in [0.05, 0.1) is 18.3 Å². The maximum absolute atomic E-state index is 12.3. The fourth-order valence-corrected chi connectivity index (χ4v) is 2.52. The van der Waals surface area contributed by atoms with E-state index < -0.39 is 5.54 Å². The second-order valence-electron chi connectivity index (χ2n) is 6.20. The standard InChI is InChI=1S/C15H20N4O3/c1-10-6-16-19(7-10)8-12-5-13(18-22-12)14(21)17-15(2,9-20)11-3-4-11/h5-7,11,20H,3-4,8-9H2,1-2H3,(H,17,21). The van der Waals surface area contributed by atoms with Crippen molar-refractivity contribution >= 4 is 5.91 Å². The summed E-state index contributed by atoms with van der Waals surface area (Å²) in [6.07, 6.45) is 5.70. The van der Waals surface area contributed by atoms with Gasteiger partial charge in [0.1, 0.15) is 6.54 Å². The molecule has 1 saturated carbocycles. The highest BCUT2D eigenvalue weighted by atomic mass is 16.5. The highest BCUT2D eigenvalue weighted by Gasteiger charge is 2.42. The van der Waals surface area contributed by atoms with Crippen LogP contribution in [0.5, 0.6) is 0 Å². The van der Waals surface area contributed by atoms with Crippen molar-refractivity contribution in [2.75, 3.05) is 6.61 Å². The Kier molecular flexibility index (Phi) is 3.74. The van der Waals surface area contributed by atoms with Gasteiger partial charge in [0.25, 0.3) is 5.91 Å². The molecule has 3 rings (SSSR count). The first-order valence-corrected chi connectivity index (χ1v) is 7.38. The molecule has 1 amide bonds. The van der Waals surface area contributed by atoms with Crippen molar-refractivity contribution in [2.24, 2.45) is 5.92 Å². The highest BCUT2D eigenvalue weighted by Crippen LogP contribution is 2.39. The first-order chi connectivity index (χ1) is 10.5. The first-order valence-electron chi connectivity index (χ1n) is 7.38. The number of carbonyl (C=O) groups is 1. The Balaban J connectivity index is 1.66. The van der Waals surface area contributed by atoms with E-state index in [1.807, 2.05) is 20.0 Å². The van der Waals surface area contributed by atoms with Crippen LogP contribution in [-0.4, -0.2) is 38.1 Å². The van der Waals surface area contributed by atoms with Crippen molar-refractivity contribution in [3.8, 4) is 0 Å². The minimum Gasteiger partial charge on any atom is -0.394 e. The molecular weight excluding hydrogens is 284 g/mol. The average molecular weight is 304 g/mol. The maximum atomic E-state index is 12.3. The molecular formula is C15H20N4O3. The van der Waals surface area contributed by atoms with Gasteiger partial charge < -0.3 is 14.9 Å². The van der Waals surface area contributed by atoms with Crippen LogP contribution in [0.1, 0.15) is 41.6 Å². The minimum atomic E-state index is -0.588. The van der Waals surface area contributed by atoms with E-state index in [9.17, 15) is 9.90 Å². The minimum absolute atomic E-state index is 0.0827. The summed E-state index contributed by atoms with van der Waals surface area (Å²) in [4.78, 5) is 12.3. The van der Waals surface area contributed by atoms with Crippen LogP contribution in [0.3, 0.4) is 0 Å². The Labute approximate surface area is 128 Å². The monoisotopic (exact) mass is 304 g/mol. The Hall–Kier alpha value is -2.15. The van der Waals surface area contributed by atoms with Crippen molar-refractivity contribution in [3.05, 3.63) is 35.5 Å². The normalized spacial score (nSPS) is 17.2. The van der Waals surface area contributed by atoms with Gasteiger partial charge >= 0.3 is 0 Å². The summed E-state index contributed by atoms with van der Waals surface area (Å²) in [7, 11) is 0. The third kappa shape index (κ3) is 3.04. The van der Waals surface area contributed by atoms with E-state index in [1.54, 1.807) is 16.9 Å². The zero-order valence-corrected chi connectivity index (χ0v) is 12.7. The molecule has 7 nitrogen and oxygen atoms in total. The molecule has 118 valence electrons. The smallest absolute Gasteiger partial charge is 0.273 e. The zero-order valence-electron chi connectivity index (χ0n) is 12.7. The quantitative estimate of drug-likeness (QED) is 0.834. The summed E-state index contributed by atoms with van der Waals surface area (Å²) >= 11 is 0. The van der Waals surface area contributed by atoms with E-state index in [-0.39, 0.29) is 18.2 Å². The van der Waals surface area contributed by atoms with Crippen molar-refractivity contribution in [1.82, 2.24) is 20.3 Å². The Morgan fingerprint density at radius 1 is 1.59 bits per heavy atom. The van der Waals surface area contributed by atoms with Gasteiger partial charge in [-0.25, -0.2) is 0 Å². The zero-order chi connectivity index (χ0) is 15.7. The second kappa shape index (κ2) is 5.57. The highest BCUT2D eigenvalue weighted by molar-refractivity contribution is 5.92. The first kappa shape index (κ1) is 14.8. The molecule has 0 aliphatic heterocycles. The molecule has 0 radical (unpaired) electrons. The number of nitrogens with one attached hydrogen (secondary N) is 1. The summed E-state index contributed by atoms with van der Waals surface area (Å²) < 4.78 is 6.91. The van der Waals surface area contributed by atoms with Crippen LogP contribution in [0.15, 0.2) is 23.0 Å². The maximum Gasteiger partial charge on any atom is 0.273 e. The van der Waals surface area contributed by atoms with E-state index in [1.165, 1.54) is 0 Å². The lowest BCUT2D eigenvalue weighted by Gasteiger charge is -2.28. The average Bonchev–Trinajstić information content (AvgIpc) is 3.13. The van der Waals surface area contributed by atoms with Crippen molar-refractivity contribution < 1.29 is 14.4 Å². The molecule has 1 unspecified atom stereocenters. The number of carbonyl (C=O) groups excluding carboxylic acids is 1. The SMILES string of the molecule is Cc1cnn(Cc2cc(C(=O)NC(C)(CO)C3CC3)no2)c1. The third-order valence-corrected chi connectivity index (χ3v) is 4.08. The molecule has 2 heterocycles. The lowest BCUT2D eigenvalue weighted by atomic mass is 9.97. The van der Waals surface area contributed by atoms with Gasteiger partial charge in [-0.05, 0) is 38.2 Å². The van der Waals surface area contributed by atoms with Gasteiger partial charge in [0.2, 0.25) is 0 Å². The van der Waals surface area contributed by atoms with Crippen LogP contribution >= 0.6 is 0 Å². The largest absolute Gasteiger partial charge is 0.394 e. The molecule has 0 bridgehead atoms. The second-order valence-corrected chi connectivity index (χ2v) is 6.20. The number of amides is 1. The van der Waals surface area contributed by atoms with E-state index >= 15 is 0 Å². The van der Waals surface area contributed by atoms with Gasteiger partial charge in [-0.15, -0.1) is 0 Å². The Bertz CT molecular complexity index is 674. The van der Waals surface area contributed by atoms with Gasteiger partial charge in [-0.3, -0.25) is 9.48 Å². The number of hydrogen-bond acceptors (Lipinski definition) is 5. The van der Waals surface area contributed by atoms with Gasteiger partial charge in [0.15, 0.2) is 11.5 Å². The molecule has 0 spiro atoms. The van der Waals surface area contributed by atoms with Gasteiger partial charge in [0, 0.05) is 12.3 Å². The summed E-state index contributed by atoms with van der Waals surface area (Å²) in [6, 6.07) is 1.61. The van der Waals surface area contributed by atoms with Crippen LogP contribution < -0.4 is 5.32 Å². The molecule has 1 aliphatic rings. The third-order valence-electron chi connectivity index (χ3n) is 4.08. The summed E-state index contributed by atoms with van der Waals surface area (Å²) in [5, 5.41) is 20.4. The number of hydrogen-bond donors (Lipinski definition) is 2. The van der Waals surface area contributed by atoms with Crippen molar-refractivity contribution in [3.63, 3.8) is 0 Å². The Morgan fingerprint density at radius 3 is 2.95 bits per heavy atom. The molecule has 22 heavy (non-hydrogen) atoms. The van der Waals surface area contributed by atoms with Crippen molar-refractivity contribution in [2.45, 2.75) is 38.8 Å². The number of aryl methyl sites for hydroxylation is 1. The van der Waals surface area contributed by atoms with Gasteiger partial charge in [-0.2, -0.15) is 5.10 Å². The molecule has 7 heteroatoms. The number of aromatic nitrogens is 3. The lowest BCUT2D eigenvalue weighted by Crippen LogP contribution is -2.50. The fourth-order valence-electron chi connectivity index (χ4n) is 2.52. The van der Waals surface area contributed by atoms with Crippen LogP contribution in [0, 0.1) is 12.8 Å². The van der Waals surface area contributed by atoms with E-state index in [0.29, 0.717) is 18.2 Å². The van der Waals surface area contributed by atoms with E-state index in [2.05, 4.69) is 15.6 Å². The molecule has 0 saturated heterocycles. The topological polar surface area (TPSA) is 93.2 Å². The van der Waals surface area contributed by atoms with Crippen LogP contribution in [0.2, 0.25) is 0 Å². The molecule has 2 aromatic heterocycles. The predicted octanol–water partition coefficient (Wildman–Crippen LogP) is 1.12. The van der Waals surface area contributed by atoms with E-state index in [0.717, 1.165) is 18.4 Å². The summed E-state index contributed by atoms with van der Waals surface area (Å²) in [6.45, 7) is 4.15. The molecule has 0 aromatic carbocycles. The number of nitrogens with zero attached hydrogens (tertiary/aromatic N) is 3. The van der Waals surface area contributed by atoms with E-state index in [4.69, 9.17) is 4.52 Å². The molecule has 1 fully saturated rings. The number of rotatable bonds is 6. The summed E-state index contributed by atoms with van der Waals surface area (Å²) in [5.74, 6) is 0.570. The Morgan fingerprint density at radius 2 is 2.36 bits per heavy atom. The fraction of sp³-hybridized carbons (Fsp3) is 0.533. The van der Waals surface area contributed by atoms with Crippen molar-refractivity contribution in [1.29, 1.82) is 0 Å². The molecule has 2 aromatic rings. The van der Waals surface area contributed by atoms with Crippen LogP contribution in [0.4, 0.5) is 0 Å². The van der Waals surface area contributed by atoms with Crippen LogP contribution in [0.25, 0.3) is 0 Å². The summed E-state index contributed by atoms with van der Waals surface area (Å²) in [5.41, 5.74) is 0.690. The lowest BCUT2D eigenvalue weighted by molar-refractivity contribution is 0.0815. The number of aliphatic hydroxyl groups excluding tert-OH is 1. The molecule has 1 aliphatic carbocycles. The van der Waals surface area contributed by atoms with Gasteiger partial charge in [-0.1, -0.05) is 5.16 Å².